The first kappa shape index (κ1) is 4.62. The number of nitrogens with zero attached hydrogens (tertiary/aromatic N) is 1. The van der Waals surface area contributed by atoms with Gasteiger partial charge in [-0.1, -0.05) is 0 Å². The van der Waals surface area contributed by atoms with E-state index >= 15 is 0 Å². The van der Waals surface area contributed by atoms with Gasteiger partial charge < -0.3 is 0 Å². The fourth-order valence-electron chi connectivity index (χ4n) is 0. The molecule has 0 saturated heterocycles. The molecule has 0 heterocycles. The van der Waals surface area contributed by atoms with Crippen molar-refractivity contribution in [1.82, 2.24) is 0 Å². The Morgan fingerprint density at radius 3 is 2.20 bits per heavy atom. The molecule has 0 aromatic rings. The van der Waals surface area contributed by atoms with Crippen LogP contribution in [0.5, 0.6) is 0 Å². The van der Waals surface area contributed by atoms with E-state index < -0.39 is 0 Å². The van der Waals surface area contributed by atoms with Crippen LogP contribution in [0.15, 0.2) is 0 Å². The maximum atomic E-state index is 9.21. The Morgan fingerprint density at radius 1 is 2.00 bits per heavy atom. The van der Waals surface area contributed by atoms with Crippen LogP contribution in [0.2, 0.25) is 0 Å². The van der Waals surface area contributed by atoms with Crippen LogP contribution >= 0.6 is 0 Å². The third-order valence-electron chi connectivity index (χ3n) is 0.258. The van der Waals surface area contributed by atoms with E-state index in [-0.39, 0.29) is 11.1 Å². The molecule has 3 nitrogen and oxygen atoms in total. The molecule has 30 valence electrons. The second-order valence-corrected chi connectivity index (χ2v) is 1.28. The van der Waals surface area contributed by atoms with Crippen molar-refractivity contribution in [2.24, 2.45) is 0 Å². The van der Waals surface area contributed by atoms with Crippen LogP contribution in [0.3, 0.4) is 0 Å². The van der Waals surface area contributed by atoms with Crippen molar-refractivity contribution in [3.8, 4) is 0 Å². The van der Waals surface area contributed by atoms with Crippen LogP contribution in [-0.2, 0) is 0 Å². The smallest absolute Gasteiger partial charge is 0.175 e. The summed E-state index contributed by atoms with van der Waals surface area (Å²) < 4.78 is 0. The predicted octanol–water partition coefficient (Wildman–Crippen LogP) is -1.41. The SMILES string of the molecule is O=[N+]([O-])C[SiH3]. The van der Waals surface area contributed by atoms with Gasteiger partial charge in [-0.15, -0.1) is 0 Å². The molecule has 0 aromatic heterocycles. The van der Waals surface area contributed by atoms with E-state index in [1.165, 1.54) is 0 Å². The van der Waals surface area contributed by atoms with Crippen molar-refractivity contribution >= 4 is 10.2 Å². The normalized spacial score (nSPS) is 8.00. The highest BCUT2D eigenvalue weighted by atomic mass is 28.1. The van der Waals surface area contributed by atoms with Crippen molar-refractivity contribution < 1.29 is 4.92 Å². The summed E-state index contributed by atoms with van der Waals surface area (Å²) in [7, 11) is 0.674. The quantitative estimate of drug-likeness (QED) is 0.226. The maximum absolute atomic E-state index is 9.21. The third kappa shape index (κ3) is 3.62. The summed E-state index contributed by atoms with van der Waals surface area (Å²) in [4.78, 5) is 8.90. The highest BCUT2D eigenvalue weighted by Gasteiger charge is 1.76. The highest BCUT2D eigenvalue weighted by Crippen LogP contribution is 1.52. The number of hydrogen-bond acceptors (Lipinski definition) is 2. The number of hydrogen-bond donors (Lipinski definition) is 0. The molecule has 0 spiro atoms. The summed E-state index contributed by atoms with van der Waals surface area (Å²) in [5.74, 6) is 0. The maximum Gasteiger partial charge on any atom is 0.175 e. The standard InChI is InChI=1S/CH5NO2Si/c3-2(4)1-5/h1H2,5H3. The fraction of sp³-hybridized carbons (Fsp3) is 1.00. The molecule has 0 rings (SSSR count). The minimum Gasteiger partial charge on any atom is -0.265 e. The average molecular weight is 91.1 g/mol. The molecule has 5 heavy (non-hydrogen) atoms. The van der Waals surface area contributed by atoms with E-state index in [9.17, 15) is 10.1 Å². The molecule has 0 radical (unpaired) electrons. The van der Waals surface area contributed by atoms with Crippen LogP contribution in [-0.4, -0.2) is 21.3 Å². The lowest BCUT2D eigenvalue weighted by molar-refractivity contribution is -0.459. The second kappa shape index (κ2) is 1.89. The van der Waals surface area contributed by atoms with Crippen molar-refractivity contribution in [1.29, 1.82) is 0 Å². The lowest BCUT2D eigenvalue weighted by Gasteiger charge is -1.74. The summed E-state index contributed by atoms with van der Waals surface area (Å²) >= 11 is 0. The summed E-state index contributed by atoms with van der Waals surface area (Å²) in [6.07, 6.45) is 0.167. The minimum absolute atomic E-state index is 0.167. The molecule has 0 atom stereocenters. The van der Waals surface area contributed by atoms with Gasteiger partial charge in [0.25, 0.3) is 0 Å². The Morgan fingerprint density at radius 2 is 2.20 bits per heavy atom. The van der Waals surface area contributed by atoms with Crippen LogP contribution in [0.4, 0.5) is 0 Å². The van der Waals surface area contributed by atoms with Crippen molar-refractivity contribution in [3.05, 3.63) is 10.1 Å². The summed E-state index contributed by atoms with van der Waals surface area (Å²) in [6.45, 7) is 0. The van der Waals surface area contributed by atoms with E-state index in [0.29, 0.717) is 10.2 Å². The van der Waals surface area contributed by atoms with E-state index in [0.717, 1.165) is 0 Å². The molecule has 4 heteroatoms. The van der Waals surface area contributed by atoms with Crippen molar-refractivity contribution in [3.63, 3.8) is 0 Å². The largest absolute Gasteiger partial charge is 0.265 e. The van der Waals surface area contributed by atoms with Crippen molar-refractivity contribution in [2.75, 3.05) is 6.17 Å². The second-order valence-electron chi connectivity index (χ2n) is 0.649. The van der Waals surface area contributed by atoms with Gasteiger partial charge >= 0.3 is 0 Å². The van der Waals surface area contributed by atoms with Gasteiger partial charge in [0.05, 0.1) is 10.2 Å². The van der Waals surface area contributed by atoms with Gasteiger partial charge in [0, 0.05) is 4.92 Å². The molecule has 0 unspecified atom stereocenters. The Labute approximate surface area is 32.6 Å². The van der Waals surface area contributed by atoms with E-state index in [2.05, 4.69) is 0 Å². The van der Waals surface area contributed by atoms with Gasteiger partial charge in [0.2, 0.25) is 0 Å². The van der Waals surface area contributed by atoms with Gasteiger partial charge in [-0.25, -0.2) is 0 Å². The fourth-order valence-corrected chi connectivity index (χ4v) is 0. The zero-order chi connectivity index (χ0) is 4.28. The zero-order valence-corrected chi connectivity index (χ0v) is 4.97. The highest BCUT2D eigenvalue weighted by molar-refractivity contribution is 6.07. The van der Waals surface area contributed by atoms with Crippen LogP contribution in [0.25, 0.3) is 0 Å². The minimum atomic E-state index is -0.313. The van der Waals surface area contributed by atoms with Gasteiger partial charge in [-0.2, -0.15) is 0 Å². The molecule has 0 aliphatic heterocycles. The Kier molecular flexibility index (Phi) is 1.75. The zero-order valence-electron chi connectivity index (χ0n) is 2.97. The van der Waals surface area contributed by atoms with E-state index in [1.807, 2.05) is 0 Å². The number of rotatable bonds is 1. The molecule has 0 aliphatic rings. The lowest BCUT2D eigenvalue weighted by Crippen LogP contribution is -1.97. The molecule has 0 amide bonds. The van der Waals surface area contributed by atoms with E-state index in [1.54, 1.807) is 0 Å². The molecule has 0 aromatic carbocycles. The Bertz CT molecular complexity index is 44.9. The number of nitro groups is 1. The lowest BCUT2D eigenvalue weighted by atomic mass is 11.5. The molecule has 0 N–H and O–H groups in total. The monoisotopic (exact) mass is 91.0 g/mol. The predicted molar refractivity (Wildman–Crippen MR) is 21.8 cm³/mol. The first-order chi connectivity index (χ1) is 2.27. The Balaban J connectivity index is 2.85. The Hall–Kier alpha value is -0.383. The summed E-state index contributed by atoms with van der Waals surface area (Å²) in [5.41, 5.74) is 0. The first-order valence-electron chi connectivity index (χ1n) is 1.39. The topological polar surface area (TPSA) is 43.1 Å². The average Bonchev–Trinajstić information content (AvgIpc) is 1.38. The first-order valence-corrected chi connectivity index (χ1v) is 2.80. The van der Waals surface area contributed by atoms with Gasteiger partial charge in [0.15, 0.2) is 6.17 Å². The molecule has 0 fully saturated rings. The molecular weight excluding hydrogens is 86.1 g/mol. The third-order valence-corrected chi connectivity index (χ3v) is 0.775. The van der Waals surface area contributed by atoms with Crippen LogP contribution in [0, 0.1) is 10.1 Å². The van der Waals surface area contributed by atoms with Crippen LogP contribution in [0.1, 0.15) is 0 Å². The van der Waals surface area contributed by atoms with Gasteiger partial charge in [-0.05, 0) is 0 Å². The summed E-state index contributed by atoms with van der Waals surface area (Å²) in [6, 6.07) is 0. The van der Waals surface area contributed by atoms with Gasteiger partial charge in [0.1, 0.15) is 0 Å². The molecular formula is CH5NO2Si. The molecule has 0 saturated carbocycles. The van der Waals surface area contributed by atoms with E-state index in [4.69, 9.17) is 0 Å². The molecule has 0 aliphatic carbocycles. The molecule has 0 bridgehead atoms. The van der Waals surface area contributed by atoms with Crippen LogP contribution < -0.4 is 0 Å². The van der Waals surface area contributed by atoms with Crippen molar-refractivity contribution in [2.45, 2.75) is 0 Å². The van der Waals surface area contributed by atoms with Gasteiger partial charge in [-0.3, -0.25) is 10.1 Å². The summed E-state index contributed by atoms with van der Waals surface area (Å²) in [5, 5.41) is 9.21.